The summed E-state index contributed by atoms with van der Waals surface area (Å²) in [6.07, 6.45) is 9.72. The third-order valence-corrected chi connectivity index (χ3v) is 4.60. The van der Waals surface area contributed by atoms with Crippen molar-refractivity contribution < 1.29 is 0 Å². The largest absolute Gasteiger partial charge is 0.333 e. The highest BCUT2D eigenvalue weighted by molar-refractivity contribution is 7.07. The van der Waals surface area contributed by atoms with Crippen LogP contribution in [-0.4, -0.2) is 15.6 Å². The van der Waals surface area contributed by atoms with Crippen LogP contribution in [0.15, 0.2) is 35.5 Å². The standard InChI is InChI=1S/C14H19N3S/c1-11(12-5-8-18-9-12)16-13-3-2-4-14(13)17-7-6-15-10-17/h5-11,13-14,16H,2-4H2,1H3. The molecule has 2 aromatic heterocycles. The number of aromatic nitrogens is 2. The maximum absolute atomic E-state index is 4.17. The van der Waals surface area contributed by atoms with Crippen LogP contribution in [0.3, 0.4) is 0 Å². The third kappa shape index (κ3) is 2.35. The molecule has 2 heterocycles. The van der Waals surface area contributed by atoms with Crippen LogP contribution >= 0.6 is 11.3 Å². The van der Waals surface area contributed by atoms with E-state index >= 15 is 0 Å². The lowest BCUT2D eigenvalue weighted by Gasteiger charge is -2.25. The Morgan fingerprint density at radius 1 is 1.50 bits per heavy atom. The highest BCUT2D eigenvalue weighted by Crippen LogP contribution is 2.31. The molecule has 3 rings (SSSR count). The summed E-state index contributed by atoms with van der Waals surface area (Å²) >= 11 is 1.77. The molecule has 0 bridgehead atoms. The highest BCUT2D eigenvalue weighted by atomic mass is 32.1. The van der Waals surface area contributed by atoms with Crippen LogP contribution in [0.1, 0.15) is 43.8 Å². The summed E-state index contributed by atoms with van der Waals surface area (Å²) in [4.78, 5) is 4.17. The van der Waals surface area contributed by atoms with Crippen LogP contribution < -0.4 is 5.32 Å². The van der Waals surface area contributed by atoms with Crippen LogP contribution in [0, 0.1) is 0 Å². The van der Waals surface area contributed by atoms with E-state index in [4.69, 9.17) is 0 Å². The smallest absolute Gasteiger partial charge is 0.0949 e. The molecule has 0 spiro atoms. The SMILES string of the molecule is CC(NC1CCCC1n1ccnc1)c1ccsc1. The van der Waals surface area contributed by atoms with Crippen molar-refractivity contribution in [3.8, 4) is 0 Å². The van der Waals surface area contributed by atoms with Gasteiger partial charge >= 0.3 is 0 Å². The van der Waals surface area contributed by atoms with Crippen molar-refractivity contribution in [1.82, 2.24) is 14.9 Å². The van der Waals surface area contributed by atoms with Gasteiger partial charge in [-0.25, -0.2) is 4.98 Å². The summed E-state index contributed by atoms with van der Waals surface area (Å²) in [5.41, 5.74) is 1.40. The van der Waals surface area contributed by atoms with E-state index in [0.717, 1.165) is 0 Å². The van der Waals surface area contributed by atoms with E-state index in [9.17, 15) is 0 Å². The summed E-state index contributed by atoms with van der Waals surface area (Å²) in [5.74, 6) is 0. The second-order valence-corrected chi connectivity index (χ2v) is 5.84. The highest BCUT2D eigenvalue weighted by Gasteiger charge is 2.29. The minimum absolute atomic E-state index is 0.436. The minimum atomic E-state index is 0.436. The number of hydrogen-bond acceptors (Lipinski definition) is 3. The number of nitrogens with zero attached hydrogens (tertiary/aromatic N) is 2. The Morgan fingerprint density at radius 2 is 2.44 bits per heavy atom. The molecule has 0 radical (unpaired) electrons. The van der Waals surface area contributed by atoms with Gasteiger partial charge in [0.15, 0.2) is 0 Å². The van der Waals surface area contributed by atoms with E-state index in [0.29, 0.717) is 18.1 Å². The normalized spacial score (nSPS) is 25.4. The molecule has 0 amide bonds. The Hall–Kier alpha value is -1.13. The van der Waals surface area contributed by atoms with Gasteiger partial charge in [-0.3, -0.25) is 0 Å². The Labute approximate surface area is 112 Å². The first-order chi connectivity index (χ1) is 8.84. The van der Waals surface area contributed by atoms with Crippen molar-refractivity contribution in [2.45, 2.75) is 44.3 Å². The van der Waals surface area contributed by atoms with Crippen molar-refractivity contribution in [3.63, 3.8) is 0 Å². The monoisotopic (exact) mass is 261 g/mol. The lowest BCUT2D eigenvalue weighted by Crippen LogP contribution is -2.35. The second-order valence-electron chi connectivity index (χ2n) is 5.06. The predicted molar refractivity (Wildman–Crippen MR) is 74.8 cm³/mol. The molecule has 3 atom stereocenters. The summed E-state index contributed by atoms with van der Waals surface area (Å²) in [6, 6.07) is 3.77. The van der Waals surface area contributed by atoms with Crippen molar-refractivity contribution in [2.24, 2.45) is 0 Å². The van der Waals surface area contributed by atoms with Gasteiger partial charge in [-0.15, -0.1) is 0 Å². The molecule has 1 aliphatic rings. The number of imidazole rings is 1. The van der Waals surface area contributed by atoms with Gasteiger partial charge in [-0.05, 0) is 48.6 Å². The van der Waals surface area contributed by atoms with Gasteiger partial charge in [-0.2, -0.15) is 11.3 Å². The van der Waals surface area contributed by atoms with Gasteiger partial charge in [-0.1, -0.05) is 0 Å². The molecule has 1 N–H and O–H groups in total. The Kier molecular flexibility index (Phi) is 3.48. The van der Waals surface area contributed by atoms with Gasteiger partial charge in [0.1, 0.15) is 0 Å². The molecule has 18 heavy (non-hydrogen) atoms. The van der Waals surface area contributed by atoms with Gasteiger partial charge in [0, 0.05) is 30.5 Å². The van der Waals surface area contributed by atoms with Gasteiger partial charge in [0.25, 0.3) is 0 Å². The van der Waals surface area contributed by atoms with Crippen molar-refractivity contribution in [2.75, 3.05) is 0 Å². The van der Waals surface area contributed by atoms with Crippen LogP contribution in [0.25, 0.3) is 0 Å². The zero-order valence-corrected chi connectivity index (χ0v) is 11.4. The van der Waals surface area contributed by atoms with Gasteiger partial charge in [0.05, 0.1) is 6.33 Å². The molecular weight excluding hydrogens is 242 g/mol. The average Bonchev–Trinajstić information content (AvgIpc) is 3.11. The quantitative estimate of drug-likeness (QED) is 0.914. The molecule has 0 aromatic carbocycles. The number of nitrogens with one attached hydrogen (secondary N) is 1. The Bertz CT molecular complexity index is 463. The molecule has 1 aliphatic carbocycles. The van der Waals surface area contributed by atoms with Crippen LogP contribution in [0.5, 0.6) is 0 Å². The first-order valence-electron chi connectivity index (χ1n) is 6.60. The number of hydrogen-bond donors (Lipinski definition) is 1. The fourth-order valence-corrected chi connectivity index (χ4v) is 3.65. The maximum atomic E-state index is 4.17. The van der Waals surface area contributed by atoms with Crippen LogP contribution in [-0.2, 0) is 0 Å². The van der Waals surface area contributed by atoms with Crippen molar-refractivity contribution >= 4 is 11.3 Å². The zero-order chi connectivity index (χ0) is 12.4. The molecular formula is C14H19N3S. The molecule has 4 heteroatoms. The fraction of sp³-hybridized carbons (Fsp3) is 0.500. The Balaban J connectivity index is 1.68. The van der Waals surface area contributed by atoms with E-state index in [-0.39, 0.29) is 0 Å². The van der Waals surface area contributed by atoms with E-state index in [1.165, 1.54) is 24.8 Å². The Morgan fingerprint density at radius 3 is 3.17 bits per heavy atom. The van der Waals surface area contributed by atoms with E-state index in [1.54, 1.807) is 11.3 Å². The van der Waals surface area contributed by atoms with Crippen LogP contribution in [0.4, 0.5) is 0 Å². The molecule has 3 nitrogen and oxygen atoms in total. The lowest BCUT2D eigenvalue weighted by molar-refractivity contribution is 0.363. The zero-order valence-electron chi connectivity index (χ0n) is 10.6. The maximum Gasteiger partial charge on any atom is 0.0949 e. The molecule has 0 aliphatic heterocycles. The first kappa shape index (κ1) is 11.9. The average molecular weight is 261 g/mol. The van der Waals surface area contributed by atoms with E-state index in [1.807, 2.05) is 12.5 Å². The fourth-order valence-electron chi connectivity index (χ4n) is 2.90. The summed E-state index contributed by atoms with van der Waals surface area (Å²) < 4.78 is 2.25. The van der Waals surface area contributed by atoms with Gasteiger partial charge < -0.3 is 9.88 Å². The first-order valence-corrected chi connectivity index (χ1v) is 7.54. The predicted octanol–water partition coefficient (Wildman–Crippen LogP) is 3.39. The second kappa shape index (κ2) is 5.24. The molecule has 1 fully saturated rings. The summed E-state index contributed by atoms with van der Waals surface area (Å²) in [7, 11) is 0. The molecule has 0 saturated heterocycles. The molecule has 2 aromatic rings. The summed E-state index contributed by atoms with van der Waals surface area (Å²) in [6.45, 7) is 2.26. The number of thiophene rings is 1. The molecule has 96 valence electrons. The van der Waals surface area contributed by atoms with Crippen molar-refractivity contribution in [3.05, 3.63) is 41.1 Å². The summed E-state index contributed by atoms with van der Waals surface area (Å²) in [5, 5.41) is 8.16. The lowest BCUT2D eigenvalue weighted by atomic mass is 10.1. The van der Waals surface area contributed by atoms with Gasteiger partial charge in [0.2, 0.25) is 0 Å². The van der Waals surface area contributed by atoms with Crippen LogP contribution in [0.2, 0.25) is 0 Å². The number of rotatable bonds is 4. The molecule has 3 unspecified atom stereocenters. The minimum Gasteiger partial charge on any atom is -0.333 e. The van der Waals surface area contributed by atoms with E-state index in [2.05, 4.69) is 44.8 Å². The third-order valence-electron chi connectivity index (χ3n) is 3.89. The van der Waals surface area contributed by atoms with Crippen molar-refractivity contribution in [1.29, 1.82) is 0 Å². The topological polar surface area (TPSA) is 29.9 Å². The molecule has 1 saturated carbocycles. The van der Waals surface area contributed by atoms with E-state index < -0.39 is 0 Å².